The van der Waals surface area contributed by atoms with Crippen LogP contribution in [0.15, 0.2) is 42.5 Å². The number of anilines is 2. The number of hydrogen-bond donors (Lipinski definition) is 2. The number of benzene rings is 2. The monoisotopic (exact) mass is 321 g/mol. The van der Waals surface area contributed by atoms with Crippen LogP contribution >= 0.6 is 11.6 Å². The molecule has 0 radical (unpaired) electrons. The Morgan fingerprint density at radius 2 is 1.86 bits per heavy atom. The van der Waals surface area contributed by atoms with Crippen LogP contribution in [0.3, 0.4) is 0 Å². The second-order valence-corrected chi connectivity index (χ2v) is 5.38. The van der Waals surface area contributed by atoms with E-state index in [1.165, 1.54) is 12.1 Å². The summed E-state index contributed by atoms with van der Waals surface area (Å²) in [5, 5.41) is 5.07. The minimum atomic E-state index is -0.644. The maximum absolute atomic E-state index is 13.7. The molecule has 2 aromatic rings. The van der Waals surface area contributed by atoms with Crippen molar-refractivity contribution in [2.24, 2.45) is 0 Å². The van der Waals surface area contributed by atoms with Crippen LogP contribution in [0.4, 0.5) is 20.6 Å². The normalized spacial score (nSPS) is 10.2. The summed E-state index contributed by atoms with van der Waals surface area (Å²) >= 11 is 5.66. The fourth-order valence-corrected chi connectivity index (χ4v) is 2.04. The molecule has 0 aliphatic rings. The number of nitrogens with zero attached hydrogens (tertiary/aromatic N) is 1. The number of rotatable bonds is 4. The van der Waals surface area contributed by atoms with Gasteiger partial charge in [0, 0.05) is 26.3 Å². The van der Waals surface area contributed by atoms with E-state index < -0.39 is 11.8 Å². The zero-order chi connectivity index (χ0) is 16.1. The molecule has 2 rings (SSSR count). The number of amides is 2. The summed E-state index contributed by atoms with van der Waals surface area (Å²) in [5.74, 6) is -0.644. The van der Waals surface area contributed by atoms with E-state index >= 15 is 0 Å². The molecule has 0 saturated carbocycles. The Labute approximate surface area is 133 Å². The maximum Gasteiger partial charge on any atom is 0.319 e. The highest BCUT2D eigenvalue weighted by atomic mass is 35.5. The first-order chi connectivity index (χ1) is 10.5. The average Bonchev–Trinajstić information content (AvgIpc) is 2.50. The molecule has 0 bridgehead atoms. The lowest BCUT2D eigenvalue weighted by Gasteiger charge is -2.13. The van der Waals surface area contributed by atoms with Crippen molar-refractivity contribution in [3.63, 3.8) is 0 Å². The number of nitrogens with one attached hydrogen (secondary N) is 2. The molecular formula is C16H17ClFN3O. The molecule has 0 heterocycles. The molecule has 116 valence electrons. The second-order valence-electron chi connectivity index (χ2n) is 4.97. The zero-order valence-corrected chi connectivity index (χ0v) is 13.1. The van der Waals surface area contributed by atoms with Gasteiger partial charge in [-0.2, -0.15) is 0 Å². The van der Waals surface area contributed by atoms with Crippen molar-refractivity contribution >= 4 is 29.0 Å². The summed E-state index contributed by atoms with van der Waals surface area (Å²) in [4.78, 5) is 13.8. The Morgan fingerprint density at radius 1 is 1.18 bits per heavy atom. The smallest absolute Gasteiger partial charge is 0.319 e. The van der Waals surface area contributed by atoms with Gasteiger partial charge in [-0.3, -0.25) is 0 Å². The van der Waals surface area contributed by atoms with Gasteiger partial charge in [0.2, 0.25) is 0 Å². The molecule has 0 aliphatic heterocycles. The zero-order valence-electron chi connectivity index (χ0n) is 12.4. The molecule has 0 aliphatic carbocycles. The first kappa shape index (κ1) is 16.1. The lowest BCUT2D eigenvalue weighted by Crippen LogP contribution is -2.28. The van der Waals surface area contributed by atoms with Gasteiger partial charge in [0.15, 0.2) is 5.82 Å². The minimum absolute atomic E-state index is 0.0305. The molecule has 0 atom stereocenters. The van der Waals surface area contributed by atoms with Gasteiger partial charge < -0.3 is 15.5 Å². The fraction of sp³-hybridized carbons (Fsp3) is 0.188. The number of urea groups is 1. The van der Waals surface area contributed by atoms with Gasteiger partial charge >= 0.3 is 6.03 Å². The molecule has 2 N–H and O–H groups in total. The number of carbonyl (C=O) groups is 1. The van der Waals surface area contributed by atoms with Crippen LogP contribution < -0.4 is 15.5 Å². The molecule has 0 fully saturated rings. The molecule has 4 nitrogen and oxygen atoms in total. The van der Waals surface area contributed by atoms with E-state index in [0.29, 0.717) is 6.54 Å². The summed E-state index contributed by atoms with van der Waals surface area (Å²) in [7, 11) is 3.92. The molecule has 2 aromatic carbocycles. The molecule has 0 spiro atoms. The van der Waals surface area contributed by atoms with Gasteiger partial charge in [-0.05, 0) is 29.8 Å². The number of halogens is 2. The molecule has 2 amide bonds. The third-order valence-electron chi connectivity index (χ3n) is 3.11. The second kappa shape index (κ2) is 7.13. The van der Waals surface area contributed by atoms with Gasteiger partial charge in [0.1, 0.15) is 0 Å². The van der Waals surface area contributed by atoms with E-state index in [9.17, 15) is 9.18 Å². The molecular weight excluding hydrogens is 305 g/mol. The SMILES string of the molecule is CN(C)c1ccc(CNC(=O)Nc2cccc(Cl)c2F)cc1. The van der Waals surface area contributed by atoms with Crippen molar-refractivity contribution in [2.75, 3.05) is 24.3 Å². The van der Waals surface area contributed by atoms with Crippen LogP contribution in [0, 0.1) is 5.82 Å². The van der Waals surface area contributed by atoms with Crippen molar-refractivity contribution in [3.8, 4) is 0 Å². The molecule has 0 saturated heterocycles. The Morgan fingerprint density at radius 3 is 2.50 bits per heavy atom. The van der Waals surface area contributed by atoms with Gasteiger partial charge in [-0.15, -0.1) is 0 Å². The Bertz CT molecular complexity index is 659. The van der Waals surface area contributed by atoms with Crippen LogP contribution in [0.2, 0.25) is 5.02 Å². The third-order valence-corrected chi connectivity index (χ3v) is 3.40. The summed E-state index contributed by atoms with van der Waals surface area (Å²) in [5.41, 5.74) is 2.08. The molecule has 6 heteroatoms. The quantitative estimate of drug-likeness (QED) is 0.898. The fourth-order valence-electron chi connectivity index (χ4n) is 1.86. The standard InChI is InChI=1S/C16H17ClFN3O/c1-21(2)12-8-6-11(7-9-12)10-19-16(22)20-14-5-3-4-13(17)15(14)18/h3-9H,10H2,1-2H3,(H2,19,20,22). The third kappa shape index (κ3) is 4.11. The van der Waals surface area contributed by atoms with Crippen molar-refractivity contribution in [1.29, 1.82) is 0 Å². The van der Waals surface area contributed by atoms with Gasteiger partial charge in [0.05, 0.1) is 10.7 Å². The van der Waals surface area contributed by atoms with Crippen molar-refractivity contribution in [2.45, 2.75) is 6.54 Å². The van der Waals surface area contributed by atoms with Crippen LogP contribution in [-0.4, -0.2) is 20.1 Å². The van der Waals surface area contributed by atoms with E-state index in [2.05, 4.69) is 10.6 Å². The summed E-state index contributed by atoms with van der Waals surface area (Å²) in [6.07, 6.45) is 0. The summed E-state index contributed by atoms with van der Waals surface area (Å²) in [6, 6.07) is 11.7. The topological polar surface area (TPSA) is 44.4 Å². The van der Waals surface area contributed by atoms with E-state index in [4.69, 9.17) is 11.6 Å². The van der Waals surface area contributed by atoms with Gasteiger partial charge in [0.25, 0.3) is 0 Å². The van der Waals surface area contributed by atoms with Crippen molar-refractivity contribution in [1.82, 2.24) is 5.32 Å². The van der Waals surface area contributed by atoms with Crippen LogP contribution in [0.5, 0.6) is 0 Å². The van der Waals surface area contributed by atoms with Crippen molar-refractivity contribution in [3.05, 3.63) is 58.9 Å². The summed E-state index contributed by atoms with van der Waals surface area (Å²) < 4.78 is 13.7. The highest BCUT2D eigenvalue weighted by Gasteiger charge is 2.09. The Hall–Kier alpha value is -2.27. The predicted molar refractivity (Wildman–Crippen MR) is 88.0 cm³/mol. The summed E-state index contributed by atoms with van der Waals surface area (Å²) in [6.45, 7) is 0.349. The minimum Gasteiger partial charge on any atom is -0.378 e. The van der Waals surface area contributed by atoms with Crippen LogP contribution in [0.25, 0.3) is 0 Å². The van der Waals surface area contributed by atoms with Crippen LogP contribution in [-0.2, 0) is 6.54 Å². The highest BCUT2D eigenvalue weighted by Crippen LogP contribution is 2.21. The lowest BCUT2D eigenvalue weighted by atomic mass is 10.2. The molecule has 0 aromatic heterocycles. The van der Waals surface area contributed by atoms with Gasteiger partial charge in [-0.25, -0.2) is 9.18 Å². The first-order valence-electron chi connectivity index (χ1n) is 6.72. The first-order valence-corrected chi connectivity index (χ1v) is 7.10. The largest absolute Gasteiger partial charge is 0.378 e. The number of hydrogen-bond acceptors (Lipinski definition) is 2. The van der Waals surface area contributed by atoms with E-state index in [-0.39, 0.29) is 10.7 Å². The number of carbonyl (C=O) groups excluding carboxylic acids is 1. The average molecular weight is 322 g/mol. The van der Waals surface area contributed by atoms with E-state index in [0.717, 1.165) is 11.3 Å². The van der Waals surface area contributed by atoms with E-state index in [1.54, 1.807) is 6.07 Å². The highest BCUT2D eigenvalue weighted by molar-refractivity contribution is 6.31. The Balaban J connectivity index is 1.91. The maximum atomic E-state index is 13.7. The van der Waals surface area contributed by atoms with Crippen LogP contribution in [0.1, 0.15) is 5.56 Å². The predicted octanol–water partition coefficient (Wildman–Crippen LogP) is 3.87. The molecule has 0 unspecified atom stereocenters. The van der Waals surface area contributed by atoms with Crippen molar-refractivity contribution < 1.29 is 9.18 Å². The molecule has 22 heavy (non-hydrogen) atoms. The van der Waals surface area contributed by atoms with E-state index in [1.807, 2.05) is 43.3 Å². The lowest BCUT2D eigenvalue weighted by molar-refractivity contribution is 0.251. The Kier molecular flexibility index (Phi) is 5.22. The van der Waals surface area contributed by atoms with Gasteiger partial charge in [-0.1, -0.05) is 29.8 Å².